The van der Waals surface area contributed by atoms with Crippen molar-refractivity contribution in [1.29, 1.82) is 0 Å². The van der Waals surface area contributed by atoms with Crippen molar-refractivity contribution >= 4 is 17.6 Å². The van der Waals surface area contributed by atoms with E-state index in [-0.39, 0.29) is 5.97 Å². The van der Waals surface area contributed by atoms with Gasteiger partial charge in [0.1, 0.15) is 0 Å². The molecule has 3 heteroatoms. The van der Waals surface area contributed by atoms with Crippen molar-refractivity contribution in [2.45, 2.75) is 103 Å². The quantitative estimate of drug-likeness (QED) is 0.203. The van der Waals surface area contributed by atoms with Crippen molar-refractivity contribution in [3.05, 3.63) is 0 Å². The highest BCUT2D eigenvalue weighted by Crippen LogP contribution is 2.17. The van der Waals surface area contributed by atoms with Crippen LogP contribution in [0.4, 0.5) is 0 Å². The molecule has 0 bridgehead atoms. The summed E-state index contributed by atoms with van der Waals surface area (Å²) in [7, 11) is 0. The zero-order valence-corrected chi connectivity index (χ0v) is 14.9. The highest BCUT2D eigenvalue weighted by Gasteiger charge is 2.03. The number of hydrogen-bond acceptors (Lipinski definition) is 2. The summed E-state index contributed by atoms with van der Waals surface area (Å²) in [5.74, 6) is -0.165. The molecule has 0 heterocycles. The molecule has 0 radical (unpaired) electrons. The van der Waals surface area contributed by atoms with E-state index < -0.39 is 0 Å². The normalized spacial score (nSPS) is 12.3. The van der Waals surface area contributed by atoms with Gasteiger partial charge in [-0.25, -0.2) is 0 Å². The van der Waals surface area contributed by atoms with Crippen LogP contribution < -0.4 is 0 Å². The average molecular weight is 319 g/mol. The fourth-order valence-corrected chi connectivity index (χ4v) is 2.81. The number of halogens is 1. The second kappa shape index (κ2) is 16.1. The van der Waals surface area contributed by atoms with Gasteiger partial charge in [0, 0.05) is 12.3 Å². The van der Waals surface area contributed by atoms with Gasteiger partial charge in [-0.3, -0.25) is 4.79 Å². The molecule has 0 fully saturated rings. The molecular formula is C18H35ClO2. The van der Waals surface area contributed by atoms with Crippen LogP contribution in [0.5, 0.6) is 0 Å². The summed E-state index contributed by atoms with van der Waals surface area (Å²) in [4.78, 5) is 10.6. The van der Waals surface area contributed by atoms with Gasteiger partial charge in [-0.2, -0.15) is 0 Å². The van der Waals surface area contributed by atoms with Crippen molar-refractivity contribution in [2.75, 3.05) is 6.61 Å². The molecule has 21 heavy (non-hydrogen) atoms. The third-order valence-corrected chi connectivity index (χ3v) is 4.27. The first kappa shape index (κ1) is 20.8. The van der Waals surface area contributed by atoms with Gasteiger partial charge < -0.3 is 4.74 Å². The van der Waals surface area contributed by atoms with Gasteiger partial charge >= 0.3 is 5.97 Å². The Morgan fingerprint density at radius 2 is 1.33 bits per heavy atom. The third-order valence-electron chi connectivity index (χ3n) is 3.84. The van der Waals surface area contributed by atoms with Gasteiger partial charge in [0.05, 0.1) is 6.61 Å². The second-order valence-electron chi connectivity index (χ2n) is 6.05. The standard InChI is InChI=1S/C18H35ClO2/c1-3-4-11-14-18(19)15-12-9-7-5-6-8-10-13-16-21-17(2)20/h18H,3-16H2,1-2H3. The molecule has 1 unspecified atom stereocenters. The molecule has 0 aromatic heterocycles. The van der Waals surface area contributed by atoms with Gasteiger partial charge in [-0.05, 0) is 19.3 Å². The second-order valence-corrected chi connectivity index (χ2v) is 6.67. The summed E-state index contributed by atoms with van der Waals surface area (Å²) in [5, 5.41) is 0.401. The Hall–Kier alpha value is -0.240. The maximum absolute atomic E-state index is 10.6. The van der Waals surface area contributed by atoms with Crippen LogP contribution in [0.1, 0.15) is 97.3 Å². The molecule has 0 spiro atoms. The summed E-state index contributed by atoms with van der Waals surface area (Å²) in [6.45, 7) is 4.29. The number of carbonyl (C=O) groups excluding carboxylic acids is 1. The van der Waals surface area contributed by atoms with E-state index in [1.807, 2.05) is 0 Å². The average Bonchev–Trinajstić information content (AvgIpc) is 2.44. The largest absolute Gasteiger partial charge is 0.466 e. The van der Waals surface area contributed by atoms with Gasteiger partial charge in [0.15, 0.2) is 0 Å². The number of carbonyl (C=O) groups is 1. The minimum Gasteiger partial charge on any atom is -0.466 e. The zero-order chi connectivity index (χ0) is 15.8. The van der Waals surface area contributed by atoms with Crippen LogP contribution in [0.15, 0.2) is 0 Å². The van der Waals surface area contributed by atoms with Crippen LogP contribution in [0, 0.1) is 0 Å². The zero-order valence-electron chi connectivity index (χ0n) is 14.2. The van der Waals surface area contributed by atoms with Gasteiger partial charge in [0.2, 0.25) is 0 Å². The minimum absolute atomic E-state index is 0.165. The van der Waals surface area contributed by atoms with Gasteiger partial charge in [-0.1, -0.05) is 71.1 Å². The summed E-state index contributed by atoms with van der Waals surface area (Å²) < 4.78 is 4.91. The summed E-state index contributed by atoms with van der Waals surface area (Å²) in [6.07, 6.45) is 16.3. The number of ether oxygens (including phenoxy) is 1. The lowest BCUT2D eigenvalue weighted by Crippen LogP contribution is -2.00. The van der Waals surface area contributed by atoms with E-state index in [1.54, 1.807) is 0 Å². The van der Waals surface area contributed by atoms with E-state index >= 15 is 0 Å². The van der Waals surface area contributed by atoms with Crippen LogP contribution in [0.3, 0.4) is 0 Å². The molecule has 0 aliphatic heterocycles. The molecule has 2 nitrogen and oxygen atoms in total. The lowest BCUT2D eigenvalue weighted by molar-refractivity contribution is -0.141. The molecule has 0 aliphatic carbocycles. The van der Waals surface area contributed by atoms with E-state index in [1.165, 1.54) is 84.0 Å². The van der Waals surface area contributed by atoms with E-state index in [2.05, 4.69) is 6.92 Å². The number of esters is 1. The number of rotatable bonds is 15. The van der Waals surface area contributed by atoms with Crippen molar-refractivity contribution < 1.29 is 9.53 Å². The maximum atomic E-state index is 10.6. The minimum atomic E-state index is -0.165. The van der Waals surface area contributed by atoms with E-state index in [9.17, 15) is 4.79 Å². The van der Waals surface area contributed by atoms with Gasteiger partial charge in [-0.15, -0.1) is 11.6 Å². The number of alkyl halides is 1. The fourth-order valence-electron chi connectivity index (χ4n) is 2.50. The van der Waals surface area contributed by atoms with Crippen LogP contribution in [0.25, 0.3) is 0 Å². The Balaban J connectivity index is 3.10. The highest BCUT2D eigenvalue weighted by atomic mass is 35.5. The summed E-state index contributed by atoms with van der Waals surface area (Å²) in [6, 6.07) is 0. The van der Waals surface area contributed by atoms with Crippen molar-refractivity contribution in [3.63, 3.8) is 0 Å². The fraction of sp³-hybridized carbons (Fsp3) is 0.944. The number of hydrogen-bond donors (Lipinski definition) is 0. The van der Waals surface area contributed by atoms with E-state index in [0.717, 1.165) is 6.42 Å². The molecule has 0 aromatic rings. The SMILES string of the molecule is CCCCCC(Cl)CCCCCCCCCCOC(C)=O. The molecular weight excluding hydrogens is 284 g/mol. The molecule has 0 aromatic carbocycles. The Labute approximate surface area is 137 Å². The Bertz CT molecular complexity index is 231. The Morgan fingerprint density at radius 3 is 1.86 bits per heavy atom. The first-order valence-electron chi connectivity index (χ1n) is 8.94. The molecule has 0 rings (SSSR count). The van der Waals surface area contributed by atoms with Crippen LogP contribution in [0.2, 0.25) is 0 Å². The van der Waals surface area contributed by atoms with E-state index in [0.29, 0.717) is 12.0 Å². The molecule has 0 aliphatic rings. The highest BCUT2D eigenvalue weighted by molar-refractivity contribution is 6.20. The predicted octanol–water partition coefficient (Wildman–Crippen LogP) is 6.25. The Kier molecular flexibility index (Phi) is 16.0. The molecule has 0 saturated carbocycles. The van der Waals surface area contributed by atoms with Crippen molar-refractivity contribution in [1.82, 2.24) is 0 Å². The third kappa shape index (κ3) is 17.7. The summed E-state index contributed by atoms with van der Waals surface area (Å²) in [5.41, 5.74) is 0. The molecule has 0 N–H and O–H groups in total. The van der Waals surface area contributed by atoms with Crippen LogP contribution in [-0.4, -0.2) is 18.0 Å². The lowest BCUT2D eigenvalue weighted by Gasteiger charge is -2.08. The van der Waals surface area contributed by atoms with Gasteiger partial charge in [0.25, 0.3) is 0 Å². The maximum Gasteiger partial charge on any atom is 0.302 e. The first-order valence-corrected chi connectivity index (χ1v) is 9.38. The molecule has 0 amide bonds. The first-order chi connectivity index (χ1) is 10.2. The Morgan fingerprint density at radius 1 is 0.857 bits per heavy atom. The van der Waals surface area contributed by atoms with E-state index in [4.69, 9.17) is 16.3 Å². The monoisotopic (exact) mass is 318 g/mol. The topological polar surface area (TPSA) is 26.3 Å². The summed E-state index contributed by atoms with van der Waals surface area (Å²) >= 11 is 6.31. The number of unbranched alkanes of at least 4 members (excludes halogenated alkanes) is 9. The lowest BCUT2D eigenvalue weighted by atomic mass is 10.0. The van der Waals surface area contributed by atoms with Crippen LogP contribution in [-0.2, 0) is 9.53 Å². The van der Waals surface area contributed by atoms with Crippen molar-refractivity contribution in [2.24, 2.45) is 0 Å². The van der Waals surface area contributed by atoms with Crippen molar-refractivity contribution in [3.8, 4) is 0 Å². The molecule has 126 valence electrons. The molecule has 1 atom stereocenters. The predicted molar refractivity (Wildman–Crippen MR) is 92.0 cm³/mol. The van der Waals surface area contributed by atoms with Crippen LogP contribution >= 0.6 is 11.6 Å². The smallest absolute Gasteiger partial charge is 0.302 e. The molecule has 0 saturated heterocycles.